The molecular formula is C14H20F2N2. The standard InChI is InChI=1S/C14H20F2N2/c1-2-3-4-5-6-7-14(18-17)11-8-12(15)10-13(16)9-11/h2,8-10,14,18H,1,3-7,17H2. The molecule has 18 heavy (non-hydrogen) atoms. The van der Waals surface area contributed by atoms with Crippen LogP contribution >= 0.6 is 0 Å². The smallest absolute Gasteiger partial charge is 0.126 e. The Hall–Kier alpha value is -1.26. The summed E-state index contributed by atoms with van der Waals surface area (Å²) in [5, 5.41) is 0. The van der Waals surface area contributed by atoms with Gasteiger partial charge in [0.1, 0.15) is 11.6 Å². The average Bonchev–Trinajstić information content (AvgIpc) is 2.32. The van der Waals surface area contributed by atoms with Crippen molar-refractivity contribution in [1.29, 1.82) is 0 Å². The number of benzene rings is 1. The molecule has 0 heterocycles. The van der Waals surface area contributed by atoms with Crippen LogP contribution in [0.1, 0.15) is 43.7 Å². The molecule has 0 saturated heterocycles. The molecule has 1 unspecified atom stereocenters. The summed E-state index contributed by atoms with van der Waals surface area (Å²) in [5.74, 6) is 4.29. The first kappa shape index (κ1) is 14.8. The van der Waals surface area contributed by atoms with Crippen molar-refractivity contribution in [1.82, 2.24) is 5.43 Å². The molecule has 2 nitrogen and oxygen atoms in total. The molecule has 0 saturated carbocycles. The van der Waals surface area contributed by atoms with E-state index in [1.165, 1.54) is 12.1 Å². The lowest BCUT2D eigenvalue weighted by Gasteiger charge is -2.16. The second-order valence-electron chi connectivity index (χ2n) is 4.35. The molecule has 0 spiro atoms. The lowest BCUT2D eigenvalue weighted by atomic mass is 10.0. The third-order valence-corrected chi connectivity index (χ3v) is 2.89. The van der Waals surface area contributed by atoms with Gasteiger partial charge in [-0.3, -0.25) is 11.3 Å². The number of hydrazine groups is 1. The summed E-state index contributed by atoms with van der Waals surface area (Å²) < 4.78 is 26.2. The van der Waals surface area contributed by atoms with Crippen LogP contribution in [0.25, 0.3) is 0 Å². The van der Waals surface area contributed by atoms with Crippen molar-refractivity contribution in [2.24, 2.45) is 5.84 Å². The average molecular weight is 254 g/mol. The van der Waals surface area contributed by atoms with E-state index in [0.29, 0.717) is 5.56 Å². The first-order valence-corrected chi connectivity index (χ1v) is 6.20. The summed E-state index contributed by atoms with van der Waals surface area (Å²) in [4.78, 5) is 0. The SMILES string of the molecule is C=CCCCCCC(NN)c1cc(F)cc(F)c1. The molecule has 0 bridgehead atoms. The van der Waals surface area contributed by atoms with Gasteiger partial charge in [0.15, 0.2) is 0 Å². The number of hydrogen-bond acceptors (Lipinski definition) is 2. The van der Waals surface area contributed by atoms with E-state index in [-0.39, 0.29) is 6.04 Å². The van der Waals surface area contributed by atoms with Crippen LogP contribution in [0.3, 0.4) is 0 Å². The molecule has 100 valence electrons. The summed E-state index contributed by atoms with van der Waals surface area (Å²) in [6.45, 7) is 3.66. The summed E-state index contributed by atoms with van der Waals surface area (Å²) in [6, 6.07) is 3.29. The Balaban J connectivity index is 2.51. The minimum Gasteiger partial charge on any atom is -0.271 e. The second kappa shape index (κ2) is 7.95. The van der Waals surface area contributed by atoms with Crippen molar-refractivity contribution in [3.8, 4) is 0 Å². The zero-order chi connectivity index (χ0) is 13.4. The Labute approximate surface area is 107 Å². The molecule has 0 amide bonds. The maximum absolute atomic E-state index is 13.1. The fraction of sp³-hybridized carbons (Fsp3) is 0.429. The lowest BCUT2D eigenvalue weighted by molar-refractivity contribution is 0.476. The number of allylic oxidation sites excluding steroid dienone is 1. The number of nitrogens with two attached hydrogens (primary N) is 1. The minimum atomic E-state index is -0.572. The normalized spacial score (nSPS) is 12.4. The molecule has 3 N–H and O–H groups in total. The molecule has 0 radical (unpaired) electrons. The van der Waals surface area contributed by atoms with Crippen molar-refractivity contribution in [3.05, 3.63) is 48.1 Å². The largest absolute Gasteiger partial charge is 0.271 e. The zero-order valence-electron chi connectivity index (χ0n) is 10.5. The van der Waals surface area contributed by atoms with E-state index in [9.17, 15) is 8.78 Å². The van der Waals surface area contributed by atoms with Crippen LogP contribution < -0.4 is 11.3 Å². The predicted molar refractivity (Wildman–Crippen MR) is 69.7 cm³/mol. The monoisotopic (exact) mass is 254 g/mol. The highest BCUT2D eigenvalue weighted by Crippen LogP contribution is 2.21. The van der Waals surface area contributed by atoms with Gasteiger partial charge in [0.05, 0.1) is 0 Å². The fourth-order valence-electron chi connectivity index (χ4n) is 1.94. The van der Waals surface area contributed by atoms with Gasteiger partial charge >= 0.3 is 0 Å². The Morgan fingerprint density at radius 2 is 1.83 bits per heavy atom. The van der Waals surface area contributed by atoms with Crippen molar-refractivity contribution in [2.45, 2.75) is 38.1 Å². The van der Waals surface area contributed by atoms with E-state index in [1.54, 1.807) is 0 Å². The highest BCUT2D eigenvalue weighted by molar-refractivity contribution is 5.21. The van der Waals surface area contributed by atoms with E-state index < -0.39 is 11.6 Å². The van der Waals surface area contributed by atoms with Gasteiger partial charge in [-0.1, -0.05) is 18.9 Å². The topological polar surface area (TPSA) is 38.0 Å². The molecule has 1 atom stereocenters. The predicted octanol–water partition coefficient (Wildman–Crippen LogP) is 3.61. The molecule has 1 rings (SSSR count). The number of nitrogens with one attached hydrogen (secondary N) is 1. The van der Waals surface area contributed by atoms with E-state index in [2.05, 4.69) is 12.0 Å². The van der Waals surface area contributed by atoms with Crippen LogP contribution in [-0.2, 0) is 0 Å². The van der Waals surface area contributed by atoms with Crippen molar-refractivity contribution in [3.63, 3.8) is 0 Å². The summed E-state index contributed by atoms with van der Waals surface area (Å²) in [6.07, 6.45) is 6.74. The molecule has 1 aromatic rings. The maximum atomic E-state index is 13.1. The summed E-state index contributed by atoms with van der Waals surface area (Å²) >= 11 is 0. The van der Waals surface area contributed by atoms with Crippen LogP contribution in [-0.4, -0.2) is 0 Å². The Bertz CT molecular complexity index is 360. The Kier molecular flexibility index (Phi) is 6.54. The number of unbranched alkanes of at least 4 members (excludes halogenated alkanes) is 3. The van der Waals surface area contributed by atoms with Crippen LogP contribution in [0.15, 0.2) is 30.9 Å². The summed E-state index contributed by atoms with van der Waals surface area (Å²) in [5.41, 5.74) is 3.16. The third kappa shape index (κ3) is 4.94. The first-order chi connectivity index (χ1) is 8.67. The summed E-state index contributed by atoms with van der Waals surface area (Å²) in [7, 11) is 0. The molecular weight excluding hydrogens is 234 g/mol. The Morgan fingerprint density at radius 1 is 1.17 bits per heavy atom. The highest BCUT2D eigenvalue weighted by Gasteiger charge is 2.11. The van der Waals surface area contributed by atoms with Gasteiger partial charge in [-0.05, 0) is 37.0 Å². The van der Waals surface area contributed by atoms with Gasteiger partial charge in [-0.25, -0.2) is 8.78 Å². The molecule has 0 aromatic heterocycles. The minimum absolute atomic E-state index is 0.209. The van der Waals surface area contributed by atoms with Gasteiger partial charge in [0.25, 0.3) is 0 Å². The molecule has 0 aliphatic rings. The molecule has 4 heteroatoms. The van der Waals surface area contributed by atoms with Crippen LogP contribution in [0, 0.1) is 11.6 Å². The molecule has 1 aromatic carbocycles. The fourth-order valence-corrected chi connectivity index (χ4v) is 1.94. The number of halogens is 2. The van der Waals surface area contributed by atoms with Crippen LogP contribution in [0.4, 0.5) is 8.78 Å². The van der Waals surface area contributed by atoms with Gasteiger partial charge in [0, 0.05) is 12.1 Å². The van der Waals surface area contributed by atoms with Gasteiger partial charge in [-0.2, -0.15) is 0 Å². The molecule has 0 fully saturated rings. The van der Waals surface area contributed by atoms with Crippen LogP contribution in [0.5, 0.6) is 0 Å². The van der Waals surface area contributed by atoms with Gasteiger partial charge < -0.3 is 0 Å². The number of hydrogen-bond donors (Lipinski definition) is 2. The van der Waals surface area contributed by atoms with Crippen LogP contribution in [0.2, 0.25) is 0 Å². The maximum Gasteiger partial charge on any atom is 0.126 e. The molecule has 0 aliphatic heterocycles. The van der Waals surface area contributed by atoms with Crippen molar-refractivity contribution in [2.75, 3.05) is 0 Å². The van der Waals surface area contributed by atoms with Crippen molar-refractivity contribution >= 4 is 0 Å². The van der Waals surface area contributed by atoms with Crippen molar-refractivity contribution < 1.29 is 8.78 Å². The highest BCUT2D eigenvalue weighted by atomic mass is 19.1. The second-order valence-corrected chi connectivity index (χ2v) is 4.35. The lowest BCUT2D eigenvalue weighted by Crippen LogP contribution is -2.28. The van der Waals surface area contributed by atoms with Gasteiger partial charge in [-0.15, -0.1) is 6.58 Å². The first-order valence-electron chi connectivity index (χ1n) is 6.20. The van der Waals surface area contributed by atoms with E-state index in [0.717, 1.165) is 38.2 Å². The van der Waals surface area contributed by atoms with E-state index >= 15 is 0 Å². The van der Waals surface area contributed by atoms with Gasteiger partial charge in [0.2, 0.25) is 0 Å². The van der Waals surface area contributed by atoms with E-state index in [4.69, 9.17) is 5.84 Å². The zero-order valence-corrected chi connectivity index (χ0v) is 10.5. The van der Waals surface area contributed by atoms with E-state index in [1.807, 2.05) is 6.08 Å². The number of rotatable bonds is 8. The quantitative estimate of drug-likeness (QED) is 0.322. The molecule has 0 aliphatic carbocycles. The Morgan fingerprint density at radius 3 is 2.39 bits per heavy atom. The third-order valence-electron chi connectivity index (χ3n) is 2.89.